The first kappa shape index (κ1) is 14.3. The number of thioether (sulfide) groups is 1. The van der Waals surface area contributed by atoms with Crippen LogP contribution in [0.1, 0.15) is 27.2 Å². The molecule has 0 heterocycles. The Morgan fingerprint density at radius 2 is 1.93 bits per heavy atom. The van der Waals surface area contributed by atoms with Crippen molar-refractivity contribution in [3.63, 3.8) is 0 Å². The summed E-state index contributed by atoms with van der Waals surface area (Å²) in [5.74, 6) is 1.23. The van der Waals surface area contributed by atoms with Crippen LogP contribution in [0, 0.1) is 0 Å². The Bertz CT molecular complexity index is 128. The summed E-state index contributed by atoms with van der Waals surface area (Å²) < 4.78 is 0. The van der Waals surface area contributed by atoms with Gasteiger partial charge in [0.2, 0.25) is 0 Å². The maximum absolute atomic E-state index is 3.46. The maximum Gasteiger partial charge on any atom is 0.00763 e. The van der Waals surface area contributed by atoms with Crippen LogP contribution >= 0.6 is 11.8 Å². The summed E-state index contributed by atoms with van der Waals surface area (Å²) in [6.45, 7) is 9.03. The van der Waals surface area contributed by atoms with Crippen LogP contribution in [-0.4, -0.2) is 49.1 Å². The van der Waals surface area contributed by atoms with Gasteiger partial charge in [0.25, 0.3) is 0 Å². The Hall–Kier alpha value is 0.270. The average molecular weight is 218 g/mol. The van der Waals surface area contributed by atoms with E-state index in [1.807, 2.05) is 11.8 Å². The molecular weight excluding hydrogens is 192 g/mol. The van der Waals surface area contributed by atoms with Gasteiger partial charge < -0.3 is 10.2 Å². The molecule has 0 rings (SSSR count). The molecule has 0 fully saturated rings. The third-order valence-corrected chi connectivity index (χ3v) is 3.11. The quantitative estimate of drug-likeness (QED) is 0.671. The van der Waals surface area contributed by atoms with Gasteiger partial charge in [-0.2, -0.15) is 11.8 Å². The Labute approximate surface area is 93.8 Å². The second kappa shape index (κ2) is 8.57. The van der Waals surface area contributed by atoms with Crippen molar-refractivity contribution in [3.05, 3.63) is 0 Å². The maximum atomic E-state index is 3.46. The van der Waals surface area contributed by atoms with Gasteiger partial charge in [0.1, 0.15) is 0 Å². The van der Waals surface area contributed by atoms with Gasteiger partial charge in [-0.05, 0) is 33.2 Å². The van der Waals surface area contributed by atoms with Crippen LogP contribution in [0.4, 0.5) is 0 Å². The predicted octanol–water partition coefficient (Wildman–Crippen LogP) is 2.06. The standard InChI is InChI=1S/C11H26N2S/c1-10(2)12-7-6-11(3)13(4)8-9-14-5/h10-12H,6-9H2,1-5H3. The van der Waals surface area contributed by atoms with E-state index in [9.17, 15) is 0 Å². The molecule has 0 saturated carbocycles. The Morgan fingerprint density at radius 1 is 1.29 bits per heavy atom. The zero-order valence-corrected chi connectivity index (χ0v) is 11.2. The smallest absolute Gasteiger partial charge is 0.00763 e. The molecule has 0 aromatic heterocycles. The predicted molar refractivity (Wildman–Crippen MR) is 68.2 cm³/mol. The summed E-state index contributed by atoms with van der Waals surface area (Å²) in [4.78, 5) is 2.44. The summed E-state index contributed by atoms with van der Waals surface area (Å²) in [6, 6.07) is 1.30. The zero-order valence-electron chi connectivity index (χ0n) is 10.3. The molecule has 0 aromatic carbocycles. The molecule has 1 atom stereocenters. The van der Waals surface area contributed by atoms with Crippen molar-refractivity contribution >= 4 is 11.8 Å². The lowest BCUT2D eigenvalue weighted by atomic mass is 10.2. The Kier molecular flexibility index (Phi) is 8.73. The van der Waals surface area contributed by atoms with E-state index in [-0.39, 0.29) is 0 Å². The van der Waals surface area contributed by atoms with E-state index in [2.05, 4.69) is 44.3 Å². The highest BCUT2D eigenvalue weighted by Gasteiger charge is 2.07. The van der Waals surface area contributed by atoms with Crippen LogP contribution in [0.2, 0.25) is 0 Å². The zero-order chi connectivity index (χ0) is 11.0. The van der Waals surface area contributed by atoms with Gasteiger partial charge in [0.15, 0.2) is 0 Å². The van der Waals surface area contributed by atoms with Gasteiger partial charge in [-0.25, -0.2) is 0 Å². The fourth-order valence-corrected chi connectivity index (χ4v) is 1.73. The monoisotopic (exact) mass is 218 g/mol. The molecular formula is C11H26N2S. The van der Waals surface area contributed by atoms with Gasteiger partial charge in [-0.1, -0.05) is 13.8 Å². The van der Waals surface area contributed by atoms with E-state index >= 15 is 0 Å². The molecule has 0 radical (unpaired) electrons. The first-order valence-corrected chi connectivity index (χ1v) is 6.89. The first-order valence-electron chi connectivity index (χ1n) is 5.50. The van der Waals surface area contributed by atoms with Crippen LogP contribution in [0.15, 0.2) is 0 Å². The lowest BCUT2D eigenvalue weighted by Crippen LogP contribution is -2.35. The fraction of sp³-hybridized carbons (Fsp3) is 1.00. The molecule has 0 spiro atoms. The van der Waals surface area contributed by atoms with Gasteiger partial charge >= 0.3 is 0 Å². The molecule has 0 aromatic rings. The van der Waals surface area contributed by atoms with E-state index in [0.29, 0.717) is 12.1 Å². The third kappa shape index (κ3) is 7.65. The summed E-state index contributed by atoms with van der Waals surface area (Å²) in [5, 5.41) is 3.46. The summed E-state index contributed by atoms with van der Waals surface area (Å²) in [7, 11) is 2.22. The average Bonchev–Trinajstić information content (AvgIpc) is 2.13. The largest absolute Gasteiger partial charge is 0.314 e. The van der Waals surface area contributed by atoms with Crippen molar-refractivity contribution in [2.75, 3.05) is 32.1 Å². The molecule has 0 aliphatic carbocycles. The van der Waals surface area contributed by atoms with Crippen molar-refractivity contribution in [1.29, 1.82) is 0 Å². The van der Waals surface area contributed by atoms with Crippen LogP contribution in [0.25, 0.3) is 0 Å². The van der Waals surface area contributed by atoms with Gasteiger partial charge in [0, 0.05) is 24.4 Å². The summed E-state index contributed by atoms with van der Waals surface area (Å²) in [5.41, 5.74) is 0. The number of nitrogens with one attached hydrogen (secondary N) is 1. The molecule has 2 nitrogen and oxygen atoms in total. The number of hydrogen-bond acceptors (Lipinski definition) is 3. The highest BCUT2D eigenvalue weighted by atomic mass is 32.2. The molecule has 14 heavy (non-hydrogen) atoms. The van der Waals surface area contributed by atoms with Crippen molar-refractivity contribution in [2.45, 2.75) is 39.3 Å². The molecule has 0 amide bonds. The molecule has 1 N–H and O–H groups in total. The molecule has 0 saturated heterocycles. The highest BCUT2D eigenvalue weighted by Crippen LogP contribution is 2.02. The Balaban J connectivity index is 3.46. The van der Waals surface area contributed by atoms with Crippen molar-refractivity contribution in [3.8, 4) is 0 Å². The molecule has 0 bridgehead atoms. The lowest BCUT2D eigenvalue weighted by molar-refractivity contribution is 0.257. The molecule has 0 aliphatic heterocycles. The van der Waals surface area contributed by atoms with Gasteiger partial charge in [-0.15, -0.1) is 0 Å². The number of hydrogen-bond donors (Lipinski definition) is 1. The second-order valence-electron chi connectivity index (χ2n) is 4.22. The SMILES string of the molecule is CSCCN(C)C(C)CCNC(C)C. The summed E-state index contributed by atoms with van der Waals surface area (Å²) in [6.07, 6.45) is 3.40. The van der Waals surface area contributed by atoms with Crippen LogP contribution in [0.3, 0.4) is 0 Å². The van der Waals surface area contributed by atoms with Crippen LogP contribution in [-0.2, 0) is 0 Å². The number of rotatable bonds is 8. The normalized spacial score (nSPS) is 13.9. The van der Waals surface area contributed by atoms with E-state index in [0.717, 1.165) is 6.54 Å². The third-order valence-electron chi connectivity index (χ3n) is 2.52. The van der Waals surface area contributed by atoms with E-state index in [4.69, 9.17) is 0 Å². The Morgan fingerprint density at radius 3 is 2.43 bits per heavy atom. The van der Waals surface area contributed by atoms with E-state index < -0.39 is 0 Å². The minimum absolute atomic E-state index is 0.610. The van der Waals surface area contributed by atoms with Gasteiger partial charge in [-0.3, -0.25) is 0 Å². The van der Waals surface area contributed by atoms with Crippen LogP contribution < -0.4 is 5.32 Å². The minimum atomic E-state index is 0.610. The topological polar surface area (TPSA) is 15.3 Å². The highest BCUT2D eigenvalue weighted by molar-refractivity contribution is 7.98. The van der Waals surface area contributed by atoms with Crippen molar-refractivity contribution in [1.82, 2.24) is 10.2 Å². The van der Waals surface area contributed by atoms with E-state index in [1.54, 1.807) is 0 Å². The molecule has 1 unspecified atom stereocenters. The molecule has 3 heteroatoms. The van der Waals surface area contributed by atoms with E-state index in [1.165, 1.54) is 18.7 Å². The van der Waals surface area contributed by atoms with Crippen LogP contribution in [0.5, 0.6) is 0 Å². The fourth-order valence-electron chi connectivity index (χ4n) is 1.26. The summed E-state index contributed by atoms with van der Waals surface area (Å²) >= 11 is 1.92. The first-order chi connectivity index (χ1) is 6.57. The molecule has 0 aliphatic rings. The van der Waals surface area contributed by atoms with Crippen molar-refractivity contribution in [2.24, 2.45) is 0 Å². The van der Waals surface area contributed by atoms with Gasteiger partial charge in [0.05, 0.1) is 0 Å². The lowest BCUT2D eigenvalue weighted by Gasteiger charge is -2.24. The second-order valence-corrected chi connectivity index (χ2v) is 5.21. The molecule has 86 valence electrons. The van der Waals surface area contributed by atoms with Crippen molar-refractivity contribution < 1.29 is 0 Å². The minimum Gasteiger partial charge on any atom is -0.314 e. The number of nitrogens with zero attached hydrogens (tertiary/aromatic N) is 1.